The molecule has 8 rings (SSSR count). The van der Waals surface area contributed by atoms with Crippen LogP contribution in [0, 0.1) is 63.6 Å². The van der Waals surface area contributed by atoms with Gasteiger partial charge in [0.15, 0.2) is 5.79 Å². The summed E-state index contributed by atoms with van der Waals surface area (Å²) in [7, 11) is 0. The molecule has 4 saturated heterocycles. The van der Waals surface area contributed by atoms with E-state index in [1.807, 2.05) is 4.90 Å². The molecule has 0 aromatic rings. The van der Waals surface area contributed by atoms with Crippen LogP contribution in [0.4, 0.5) is 0 Å². The maximum atomic E-state index is 13.2. The van der Waals surface area contributed by atoms with Gasteiger partial charge in [-0.1, -0.05) is 27.7 Å². The van der Waals surface area contributed by atoms with Gasteiger partial charge in [-0.3, -0.25) is 19.4 Å². The lowest BCUT2D eigenvalue weighted by atomic mass is 9.44. The molecule has 4 aliphatic carbocycles. The second-order valence-corrected chi connectivity index (χ2v) is 19.0. The quantitative estimate of drug-likeness (QED) is 0.303. The molecule has 1 N–H and O–H groups in total. The highest BCUT2D eigenvalue weighted by atomic mass is 16.7. The van der Waals surface area contributed by atoms with E-state index >= 15 is 0 Å². The van der Waals surface area contributed by atoms with E-state index < -0.39 is 0 Å². The zero-order chi connectivity index (χ0) is 34.8. The largest absolute Gasteiger partial charge is 0.353 e. The first-order valence-electron chi connectivity index (χ1n) is 20.8. The van der Waals surface area contributed by atoms with Crippen LogP contribution in [0.1, 0.15) is 111 Å². The van der Waals surface area contributed by atoms with Crippen LogP contribution in [0.3, 0.4) is 0 Å². The number of ether oxygens (including phenoxy) is 2. The lowest BCUT2D eigenvalue weighted by molar-refractivity contribution is -0.273. The van der Waals surface area contributed by atoms with Crippen molar-refractivity contribution in [3.05, 3.63) is 0 Å². The van der Waals surface area contributed by atoms with Crippen molar-refractivity contribution < 1.29 is 19.1 Å². The highest BCUT2D eigenvalue weighted by Gasteiger charge is 2.69. The molecule has 8 fully saturated rings. The number of piperidine rings is 1. The lowest BCUT2D eigenvalue weighted by Gasteiger charge is -2.61. The van der Waals surface area contributed by atoms with Crippen LogP contribution < -0.4 is 5.32 Å². The summed E-state index contributed by atoms with van der Waals surface area (Å²) in [6.45, 7) is 16.7. The second-order valence-electron chi connectivity index (χ2n) is 19.0. The van der Waals surface area contributed by atoms with Gasteiger partial charge in [0, 0.05) is 63.7 Å². The fourth-order valence-corrected chi connectivity index (χ4v) is 13.8. The number of fused-ring (bicyclic) bond motifs is 7. The van der Waals surface area contributed by atoms with Gasteiger partial charge in [0.2, 0.25) is 11.8 Å². The first kappa shape index (κ1) is 35.3. The fourth-order valence-electron chi connectivity index (χ4n) is 13.8. The third-order valence-corrected chi connectivity index (χ3v) is 16.6. The number of carbonyl (C=O) groups excluding carboxylic acids is 2. The number of rotatable bonds is 5. The normalized spacial score (nSPS) is 46.8. The lowest BCUT2D eigenvalue weighted by Crippen LogP contribution is -2.56. The summed E-state index contributed by atoms with van der Waals surface area (Å²) in [4.78, 5) is 33.1. The van der Waals surface area contributed by atoms with E-state index in [9.17, 15) is 9.59 Å². The number of hydrogen-bond donors (Lipinski definition) is 1. The Morgan fingerprint density at radius 3 is 2.34 bits per heavy atom. The Kier molecular flexibility index (Phi) is 9.60. The molecule has 8 aliphatic rings. The topological polar surface area (TPSA) is 98.1 Å². The van der Waals surface area contributed by atoms with Crippen LogP contribution >= 0.6 is 0 Å². The van der Waals surface area contributed by atoms with Gasteiger partial charge in [-0.25, -0.2) is 0 Å². The monoisotopic (exact) mass is 692 g/mol. The summed E-state index contributed by atoms with van der Waals surface area (Å²) in [5.41, 5.74) is 0.702. The molecule has 0 aromatic carbocycles. The molecule has 1 spiro atoms. The van der Waals surface area contributed by atoms with Gasteiger partial charge in [-0.05, 0) is 117 Å². The number of nitrogens with one attached hydrogen (secondary N) is 1. The van der Waals surface area contributed by atoms with Crippen LogP contribution in [0.5, 0.6) is 0 Å². The summed E-state index contributed by atoms with van der Waals surface area (Å²) in [6, 6.07) is 2.95. The predicted molar refractivity (Wildman–Crippen MR) is 191 cm³/mol. The molecule has 9 heteroatoms. The third-order valence-electron chi connectivity index (χ3n) is 16.6. The molecule has 4 aliphatic heterocycles. The average Bonchev–Trinajstić information content (AvgIpc) is 3.56. The van der Waals surface area contributed by atoms with Gasteiger partial charge in [0.05, 0.1) is 25.3 Å². The van der Waals surface area contributed by atoms with Crippen molar-refractivity contribution in [3.8, 4) is 6.07 Å². The Labute approximate surface area is 301 Å². The predicted octanol–water partition coefficient (Wildman–Crippen LogP) is 5.44. The minimum atomic E-state index is -0.336. The molecule has 1 unspecified atom stereocenters. The minimum Gasteiger partial charge on any atom is -0.353 e. The zero-order valence-corrected chi connectivity index (χ0v) is 31.5. The minimum absolute atomic E-state index is 0.0126. The Hall–Kier alpha value is -1.73. The number of carbonyl (C=O) groups is 2. The van der Waals surface area contributed by atoms with Crippen molar-refractivity contribution in [2.45, 2.75) is 135 Å². The van der Waals surface area contributed by atoms with Gasteiger partial charge in [0.25, 0.3) is 0 Å². The highest BCUT2D eigenvalue weighted by Crippen LogP contribution is 2.71. The first-order valence-corrected chi connectivity index (χ1v) is 20.8. The molecule has 50 heavy (non-hydrogen) atoms. The molecular weight excluding hydrogens is 626 g/mol. The van der Waals surface area contributed by atoms with Crippen LogP contribution in [-0.2, 0) is 19.1 Å². The van der Waals surface area contributed by atoms with Gasteiger partial charge >= 0.3 is 0 Å². The maximum Gasteiger partial charge on any atom is 0.232 e. The molecule has 0 bridgehead atoms. The molecule has 12 atom stereocenters. The van der Waals surface area contributed by atoms with Crippen LogP contribution in [-0.4, -0.2) is 103 Å². The molecule has 4 heterocycles. The van der Waals surface area contributed by atoms with Crippen LogP contribution in [0.15, 0.2) is 0 Å². The van der Waals surface area contributed by atoms with E-state index in [-0.39, 0.29) is 30.1 Å². The van der Waals surface area contributed by atoms with E-state index in [0.29, 0.717) is 53.2 Å². The Bertz CT molecular complexity index is 1310. The SMILES string of the molecule is C[C@H]1CC[C@@]2(OC1)O[C@H]1C[C@H]3[C@@H]4CC[C@@H]5C[C@@H](NC(=O)CC(=O)N6CCC(N7CCN(CC#N)CC7)CC6)CC[C@]5(C)C4CC[C@]3(C)[C@H]1[C@@H]2C. The van der Waals surface area contributed by atoms with Crippen LogP contribution in [0.2, 0.25) is 0 Å². The smallest absolute Gasteiger partial charge is 0.232 e. The molecule has 2 amide bonds. The molecular formula is C41H65N5O4. The number of nitriles is 1. The summed E-state index contributed by atoms with van der Waals surface area (Å²) in [5, 5.41) is 12.3. The number of piperazine rings is 1. The van der Waals surface area contributed by atoms with Crippen molar-refractivity contribution in [1.29, 1.82) is 5.26 Å². The number of amides is 2. The van der Waals surface area contributed by atoms with Crippen molar-refractivity contribution in [1.82, 2.24) is 20.0 Å². The standard InChI is InChI=1S/C41H65N5O4/c1-27-7-14-41(49-26-27)28(2)38-35(50-41)24-34-32-6-5-29-23-30(8-12-39(29,3)33(32)9-13-40(34,38)4)43-36(47)25-37(48)46-16-10-31(11-17-46)45-21-19-44(18-15-42)20-22-45/h27-35,38H,5-14,16-26H2,1-4H3,(H,43,47)/t27-,28-,29+,30-,32+,33?,34-,35-,38-,39-,40-,41+/m0/s1. The Morgan fingerprint density at radius 2 is 1.62 bits per heavy atom. The zero-order valence-electron chi connectivity index (χ0n) is 31.5. The summed E-state index contributed by atoms with van der Waals surface area (Å²) in [6.07, 6.45) is 14.3. The molecule has 9 nitrogen and oxygen atoms in total. The first-order chi connectivity index (χ1) is 24.0. The summed E-state index contributed by atoms with van der Waals surface area (Å²) >= 11 is 0. The van der Waals surface area contributed by atoms with Crippen molar-refractivity contribution in [2.24, 2.45) is 52.3 Å². The van der Waals surface area contributed by atoms with E-state index in [1.165, 1.54) is 44.9 Å². The van der Waals surface area contributed by atoms with E-state index in [2.05, 4.69) is 48.9 Å². The Balaban J connectivity index is 0.813. The molecule has 0 radical (unpaired) electrons. The van der Waals surface area contributed by atoms with Gasteiger partial charge < -0.3 is 19.7 Å². The molecule has 4 saturated carbocycles. The second kappa shape index (κ2) is 13.6. The third kappa shape index (κ3) is 6.04. The number of nitrogens with zero attached hydrogens (tertiary/aromatic N) is 4. The maximum absolute atomic E-state index is 13.2. The van der Waals surface area contributed by atoms with E-state index in [4.69, 9.17) is 14.7 Å². The van der Waals surface area contributed by atoms with Gasteiger partial charge in [-0.2, -0.15) is 5.26 Å². The van der Waals surface area contributed by atoms with Crippen LogP contribution in [0.25, 0.3) is 0 Å². The van der Waals surface area contributed by atoms with E-state index in [1.54, 1.807) is 0 Å². The van der Waals surface area contributed by atoms with Crippen molar-refractivity contribution in [3.63, 3.8) is 0 Å². The fraction of sp³-hybridized carbons (Fsp3) is 0.927. The summed E-state index contributed by atoms with van der Waals surface area (Å²) < 4.78 is 13.5. The van der Waals surface area contributed by atoms with E-state index in [0.717, 1.165) is 95.7 Å². The number of hydrogen-bond acceptors (Lipinski definition) is 7. The Morgan fingerprint density at radius 1 is 0.860 bits per heavy atom. The average molecular weight is 692 g/mol. The molecule has 278 valence electrons. The highest BCUT2D eigenvalue weighted by molar-refractivity contribution is 5.97. The van der Waals surface area contributed by atoms with Gasteiger partial charge in [0.1, 0.15) is 6.42 Å². The number of likely N-dealkylation sites (tertiary alicyclic amines) is 1. The van der Waals surface area contributed by atoms with Gasteiger partial charge in [-0.15, -0.1) is 0 Å². The molecule has 0 aromatic heterocycles. The van der Waals surface area contributed by atoms with Crippen molar-refractivity contribution >= 4 is 11.8 Å². The van der Waals surface area contributed by atoms with Crippen molar-refractivity contribution in [2.75, 3.05) is 52.4 Å². The summed E-state index contributed by atoms with van der Waals surface area (Å²) in [5.74, 6) is 4.27.